The van der Waals surface area contributed by atoms with Crippen LogP contribution in [0.5, 0.6) is 0 Å². The number of ether oxygens (including phenoxy) is 2. The minimum absolute atomic E-state index is 0.0748. The quantitative estimate of drug-likeness (QED) is 0.220. The Morgan fingerprint density at radius 2 is 2.06 bits per heavy atom. The highest BCUT2D eigenvalue weighted by Crippen LogP contribution is 2.33. The number of nitro benzene ring substituents is 1. The van der Waals surface area contributed by atoms with Crippen LogP contribution in [0.25, 0.3) is 6.08 Å². The molecule has 33 heavy (non-hydrogen) atoms. The second-order valence-electron chi connectivity index (χ2n) is 7.04. The maximum absolute atomic E-state index is 13.5. The van der Waals surface area contributed by atoms with Crippen molar-refractivity contribution in [1.82, 2.24) is 4.57 Å². The number of methoxy groups -OCH3 is 1. The number of benzene rings is 1. The van der Waals surface area contributed by atoms with Gasteiger partial charge in [0.2, 0.25) is 0 Å². The van der Waals surface area contributed by atoms with E-state index in [2.05, 4.69) is 4.99 Å². The van der Waals surface area contributed by atoms with Crippen LogP contribution in [-0.2, 0) is 14.3 Å². The number of rotatable bonds is 7. The Hall–Kier alpha value is -3.41. The number of carbonyl (C=O) groups excluding carboxylic acids is 1. The Morgan fingerprint density at radius 3 is 2.76 bits per heavy atom. The molecule has 170 valence electrons. The van der Waals surface area contributed by atoms with Crippen molar-refractivity contribution in [2.24, 2.45) is 4.99 Å². The highest BCUT2D eigenvalue weighted by atomic mass is 32.1. The lowest BCUT2D eigenvalue weighted by Gasteiger charge is -2.23. The summed E-state index contributed by atoms with van der Waals surface area (Å²) in [4.78, 5) is 43.0. The number of hydrogen-bond donors (Lipinski definition) is 0. The van der Waals surface area contributed by atoms with Crippen molar-refractivity contribution in [3.05, 3.63) is 93.3 Å². The predicted octanol–water partition coefficient (Wildman–Crippen LogP) is 2.39. The first-order chi connectivity index (χ1) is 15.9. The smallest absolute Gasteiger partial charge is 0.338 e. The van der Waals surface area contributed by atoms with Crippen LogP contribution in [0, 0.1) is 10.1 Å². The third-order valence-corrected chi connectivity index (χ3v) is 6.90. The molecule has 0 bridgehead atoms. The molecule has 1 aromatic carbocycles. The fourth-order valence-electron chi connectivity index (χ4n) is 3.51. The zero-order valence-corrected chi connectivity index (χ0v) is 19.4. The Balaban J connectivity index is 1.88. The van der Waals surface area contributed by atoms with Crippen molar-refractivity contribution in [2.75, 3.05) is 20.3 Å². The average molecular weight is 486 g/mol. The molecular formula is C22H19N3O6S2. The van der Waals surface area contributed by atoms with E-state index in [0.717, 1.165) is 16.2 Å². The van der Waals surface area contributed by atoms with Crippen molar-refractivity contribution in [1.29, 1.82) is 0 Å². The number of allylic oxidation sites excluding steroid dienone is 1. The molecule has 0 aliphatic carbocycles. The third-order valence-electron chi connectivity index (χ3n) is 4.99. The molecular weight excluding hydrogens is 466 g/mol. The topological polar surface area (TPSA) is 113 Å². The van der Waals surface area contributed by atoms with Gasteiger partial charge in [0.05, 0.1) is 32.9 Å². The number of thiophene rings is 1. The van der Waals surface area contributed by atoms with Crippen molar-refractivity contribution < 1.29 is 19.2 Å². The highest BCUT2D eigenvalue weighted by molar-refractivity contribution is 7.10. The maximum atomic E-state index is 13.5. The van der Waals surface area contributed by atoms with E-state index in [9.17, 15) is 19.7 Å². The van der Waals surface area contributed by atoms with E-state index < -0.39 is 16.9 Å². The van der Waals surface area contributed by atoms with E-state index in [1.807, 2.05) is 17.5 Å². The van der Waals surface area contributed by atoms with E-state index in [4.69, 9.17) is 9.47 Å². The minimum Gasteiger partial charge on any atom is -0.460 e. The van der Waals surface area contributed by atoms with Gasteiger partial charge >= 0.3 is 5.97 Å². The second kappa shape index (κ2) is 9.61. The zero-order valence-electron chi connectivity index (χ0n) is 17.7. The van der Waals surface area contributed by atoms with Gasteiger partial charge in [-0.05, 0) is 30.5 Å². The third kappa shape index (κ3) is 4.42. The molecule has 1 aliphatic heterocycles. The first kappa shape index (κ1) is 22.8. The average Bonchev–Trinajstić information content (AvgIpc) is 3.42. The number of nitrogens with zero attached hydrogens (tertiary/aromatic N) is 3. The summed E-state index contributed by atoms with van der Waals surface area (Å²) in [6, 6.07) is 9.18. The van der Waals surface area contributed by atoms with Gasteiger partial charge in [-0.15, -0.1) is 11.3 Å². The van der Waals surface area contributed by atoms with Crippen LogP contribution < -0.4 is 14.9 Å². The molecule has 0 spiro atoms. The van der Waals surface area contributed by atoms with Gasteiger partial charge in [-0.25, -0.2) is 9.79 Å². The lowest BCUT2D eigenvalue weighted by atomic mass is 10.0. The number of para-hydroxylation sites is 1. The van der Waals surface area contributed by atoms with Crippen molar-refractivity contribution in [3.63, 3.8) is 0 Å². The first-order valence-electron chi connectivity index (χ1n) is 9.87. The van der Waals surface area contributed by atoms with E-state index in [1.54, 1.807) is 25.1 Å². The summed E-state index contributed by atoms with van der Waals surface area (Å²) < 4.78 is 12.0. The monoisotopic (exact) mass is 485 g/mol. The standard InChI is InChI=1S/C22H19N3O6S2/c1-13-18(21(27)31-10-9-30-2)19(16-8-5-11-32-16)24-20(26)17(33-22(24)23-13)12-14-6-3-4-7-15(14)25(28)29/h3-8,11-12,19H,9-10H2,1-2H3/b17-12-/t19-/m1/s1. The SMILES string of the molecule is COCCOC(=O)C1=C(C)N=c2s/c(=C\c3ccccc3[N+](=O)[O-])c(=O)n2[C@@H]1c1cccs1. The molecule has 0 unspecified atom stereocenters. The molecule has 4 rings (SSSR count). The van der Waals surface area contributed by atoms with Gasteiger partial charge in [0.15, 0.2) is 4.80 Å². The van der Waals surface area contributed by atoms with E-state index in [1.165, 1.54) is 35.2 Å². The molecule has 11 heteroatoms. The summed E-state index contributed by atoms with van der Waals surface area (Å²) >= 11 is 2.53. The Labute approximate surface area is 195 Å². The fourth-order valence-corrected chi connectivity index (χ4v) is 5.37. The normalized spacial score (nSPS) is 15.8. The Morgan fingerprint density at radius 1 is 1.27 bits per heavy atom. The number of carbonyl (C=O) groups is 1. The van der Waals surface area contributed by atoms with Crippen LogP contribution in [0.3, 0.4) is 0 Å². The lowest BCUT2D eigenvalue weighted by Crippen LogP contribution is -2.39. The fraction of sp³-hybridized carbons (Fsp3) is 0.227. The maximum Gasteiger partial charge on any atom is 0.338 e. The molecule has 9 nitrogen and oxygen atoms in total. The molecule has 1 aliphatic rings. The van der Waals surface area contributed by atoms with Gasteiger partial charge in [0.25, 0.3) is 11.2 Å². The molecule has 0 N–H and O–H groups in total. The van der Waals surface area contributed by atoms with Crippen LogP contribution >= 0.6 is 22.7 Å². The summed E-state index contributed by atoms with van der Waals surface area (Å²) in [5, 5.41) is 13.3. The van der Waals surface area contributed by atoms with Gasteiger partial charge in [-0.2, -0.15) is 0 Å². The van der Waals surface area contributed by atoms with Crippen LogP contribution in [0.4, 0.5) is 5.69 Å². The van der Waals surface area contributed by atoms with Gasteiger partial charge in [0, 0.05) is 18.1 Å². The molecule has 1 atom stereocenters. The van der Waals surface area contributed by atoms with Crippen molar-refractivity contribution in [3.8, 4) is 0 Å². The van der Waals surface area contributed by atoms with Gasteiger partial charge in [-0.3, -0.25) is 19.5 Å². The number of esters is 1. The van der Waals surface area contributed by atoms with Crippen LogP contribution in [0.1, 0.15) is 23.4 Å². The molecule has 2 aromatic heterocycles. The largest absolute Gasteiger partial charge is 0.460 e. The molecule has 3 heterocycles. The number of nitro groups is 1. The van der Waals surface area contributed by atoms with E-state index >= 15 is 0 Å². The molecule has 0 saturated heterocycles. The van der Waals surface area contributed by atoms with Crippen LogP contribution in [0.2, 0.25) is 0 Å². The summed E-state index contributed by atoms with van der Waals surface area (Å²) in [7, 11) is 1.51. The van der Waals surface area contributed by atoms with Gasteiger partial charge < -0.3 is 9.47 Å². The van der Waals surface area contributed by atoms with E-state index in [-0.39, 0.29) is 34.6 Å². The zero-order chi connectivity index (χ0) is 23.5. The Kier molecular flexibility index (Phi) is 6.63. The van der Waals surface area contributed by atoms with Crippen molar-refractivity contribution >= 4 is 40.4 Å². The minimum atomic E-state index is -0.704. The lowest BCUT2D eigenvalue weighted by molar-refractivity contribution is -0.385. The van der Waals surface area contributed by atoms with Crippen LogP contribution in [0.15, 0.2) is 62.8 Å². The summed E-state index contributed by atoms with van der Waals surface area (Å²) in [5.74, 6) is -0.570. The predicted molar refractivity (Wildman–Crippen MR) is 124 cm³/mol. The molecule has 3 aromatic rings. The molecule has 0 fully saturated rings. The Bertz CT molecular complexity index is 1420. The van der Waals surface area contributed by atoms with E-state index in [0.29, 0.717) is 16.1 Å². The first-order valence-corrected chi connectivity index (χ1v) is 11.6. The molecule has 0 amide bonds. The highest BCUT2D eigenvalue weighted by Gasteiger charge is 2.34. The summed E-state index contributed by atoms with van der Waals surface area (Å²) in [6.45, 7) is 2.02. The number of aromatic nitrogens is 1. The number of hydrogen-bond acceptors (Lipinski definition) is 9. The van der Waals surface area contributed by atoms with Crippen molar-refractivity contribution in [2.45, 2.75) is 13.0 Å². The van der Waals surface area contributed by atoms with Crippen LogP contribution in [-0.4, -0.2) is 35.8 Å². The molecule has 0 saturated carbocycles. The molecule has 0 radical (unpaired) electrons. The van der Waals surface area contributed by atoms with Gasteiger partial charge in [-0.1, -0.05) is 29.5 Å². The number of fused-ring (bicyclic) bond motifs is 1. The second-order valence-corrected chi connectivity index (χ2v) is 9.03. The van der Waals surface area contributed by atoms with Gasteiger partial charge in [0.1, 0.15) is 12.6 Å². The summed E-state index contributed by atoms with van der Waals surface area (Å²) in [5.41, 5.74) is 0.560. The summed E-state index contributed by atoms with van der Waals surface area (Å²) in [6.07, 6.45) is 1.49. The number of thiazole rings is 1.